The van der Waals surface area contributed by atoms with Crippen LogP contribution in [0.2, 0.25) is 0 Å². The summed E-state index contributed by atoms with van der Waals surface area (Å²) < 4.78 is 5.33. The van der Waals surface area contributed by atoms with Crippen molar-refractivity contribution in [3.63, 3.8) is 0 Å². The van der Waals surface area contributed by atoms with Gasteiger partial charge in [-0.25, -0.2) is 0 Å². The second-order valence-electron chi connectivity index (χ2n) is 4.25. The number of aryl methyl sites for hydroxylation is 1. The summed E-state index contributed by atoms with van der Waals surface area (Å²) in [5, 5.41) is 12.2. The third-order valence-corrected chi connectivity index (χ3v) is 2.96. The summed E-state index contributed by atoms with van der Waals surface area (Å²) in [6, 6.07) is 7.88. The van der Waals surface area contributed by atoms with E-state index in [0.29, 0.717) is 11.5 Å². The molecule has 0 radical (unpaired) electrons. The Hall–Kier alpha value is -1.53. The van der Waals surface area contributed by atoms with Crippen molar-refractivity contribution in [2.24, 2.45) is 5.92 Å². The molecule has 0 aromatic heterocycles. The molecule has 1 saturated heterocycles. The molecule has 0 bridgehead atoms. The predicted molar refractivity (Wildman–Crippen MR) is 63.3 cm³/mol. The Morgan fingerprint density at radius 2 is 2.44 bits per heavy atom. The van der Waals surface area contributed by atoms with E-state index in [2.05, 4.69) is 11.4 Å². The zero-order valence-corrected chi connectivity index (χ0v) is 9.49. The Kier molecular flexibility index (Phi) is 3.43. The second kappa shape index (κ2) is 5.00. The average Bonchev–Trinajstić information content (AvgIpc) is 2.80. The van der Waals surface area contributed by atoms with Crippen LogP contribution in [0.3, 0.4) is 0 Å². The lowest BCUT2D eigenvalue weighted by molar-refractivity contribution is 0.187. The Balaban J connectivity index is 1.96. The van der Waals surface area contributed by atoms with E-state index < -0.39 is 0 Å². The Morgan fingerprint density at radius 3 is 3.06 bits per heavy atom. The smallest absolute Gasteiger partial charge is 0.0991 e. The molecule has 1 fully saturated rings. The highest BCUT2D eigenvalue weighted by Gasteiger charge is 2.15. The molecule has 0 aliphatic carbocycles. The third kappa shape index (κ3) is 2.53. The number of hydrogen-bond acceptors (Lipinski definition) is 3. The fourth-order valence-corrected chi connectivity index (χ4v) is 1.93. The highest BCUT2D eigenvalue weighted by Crippen LogP contribution is 2.18. The van der Waals surface area contributed by atoms with E-state index in [1.807, 2.05) is 25.1 Å². The van der Waals surface area contributed by atoms with Gasteiger partial charge in [0.1, 0.15) is 0 Å². The molecule has 0 saturated carbocycles. The minimum atomic E-state index is 0.620. The Bertz CT molecular complexity index is 403. The minimum absolute atomic E-state index is 0.620. The molecule has 1 atom stereocenters. The van der Waals surface area contributed by atoms with Crippen molar-refractivity contribution in [2.75, 3.05) is 25.1 Å². The predicted octanol–water partition coefficient (Wildman–Crippen LogP) is 2.32. The maximum Gasteiger partial charge on any atom is 0.0991 e. The largest absolute Gasteiger partial charge is 0.384 e. The molecule has 0 spiro atoms. The van der Waals surface area contributed by atoms with E-state index in [4.69, 9.17) is 10.00 Å². The van der Waals surface area contributed by atoms with E-state index >= 15 is 0 Å². The van der Waals surface area contributed by atoms with Crippen LogP contribution in [0, 0.1) is 24.2 Å². The first-order valence-corrected chi connectivity index (χ1v) is 5.62. The lowest BCUT2D eigenvalue weighted by Crippen LogP contribution is -2.14. The molecule has 16 heavy (non-hydrogen) atoms. The fourth-order valence-electron chi connectivity index (χ4n) is 1.93. The molecule has 0 amide bonds. The number of nitrogens with zero attached hydrogens (tertiary/aromatic N) is 1. The van der Waals surface area contributed by atoms with Crippen molar-refractivity contribution in [3.05, 3.63) is 29.3 Å². The van der Waals surface area contributed by atoms with Gasteiger partial charge >= 0.3 is 0 Å². The molecule has 84 valence electrons. The topological polar surface area (TPSA) is 45.0 Å². The number of hydrogen-bond donors (Lipinski definition) is 1. The van der Waals surface area contributed by atoms with Gasteiger partial charge in [0.15, 0.2) is 0 Å². The molecule has 3 nitrogen and oxygen atoms in total. The standard InChI is InChI=1S/C13H16N2O/c1-10-6-11(7-14)2-3-13(10)15-8-12-4-5-16-9-12/h2-3,6,12,15H,4-5,8-9H2,1H3. The van der Waals surface area contributed by atoms with Gasteiger partial charge in [0.05, 0.1) is 18.2 Å². The summed E-state index contributed by atoms with van der Waals surface area (Å²) in [7, 11) is 0. The van der Waals surface area contributed by atoms with Crippen LogP contribution in [0.15, 0.2) is 18.2 Å². The van der Waals surface area contributed by atoms with Crippen molar-refractivity contribution in [3.8, 4) is 6.07 Å². The lowest BCUT2D eigenvalue weighted by Gasteiger charge is -2.12. The number of nitriles is 1. The van der Waals surface area contributed by atoms with Crippen molar-refractivity contribution < 1.29 is 4.74 Å². The molecular weight excluding hydrogens is 200 g/mol. The summed E-state index contributed by atoms with van der Waals surface area (Å²) >= 11 is 0. The van der Waals surface area contributed by atoms with E-state index in [0.717, 1.165) is 37.4 Å². The molecule has 3 heteroatoms. The third-order valence-electron chi connectivity index (χ3n) is 2.96. The van der Waals surface area contributed by atoms with Crippen molar-refractivity contribution >= 4 is 5.69 Å². The highest BCUT2D eigenvalue weighted by molar-refractivity contribution is 5.54. The Morgan fingerprint density at radius 1 is 1.56 bits per heavy atom. The van der Waals surface area contributed by atoms with Crippen LogP contribution in [0.5, 0.6) is 0 Å². The molecule has 2 rings (SSSR count). The van der Waals surface area contributed by atoms with Gasteiger partial charge in [-0.2, -0.15) is 5.26 Å². The van der Waals surface area contributed by atoms with Gasteiger partial charge < -0.3 is 10.1 Å². The van der Waals surface area contributed by atoms with Gasteiger partial charge in [-0.05, 0) is 37.1 Å². The molecule has 1 aliphatic rings. The molecule has 1 aromatic rings. The van der Waals surface area contributed by atoms with Crippen LogP contribution in [-0.2, 0) is 4.74 Å². The lowest BCUT2D eigenvalue weighted by atomic mass is 10.1. The monoisotopic (exact) mass is 216 g/mol. The summed E-state index contributed by atoms with van der Waals surface area (Å²) in [5.74, 6) is 0.620. The number of benzene rings is 1. The second-order valence-corrected chi connectivity index (χ2v) is 4.25. The van der Waals surface area contributed by atoms with Crippen LogP contribution in [0.1, 0.15) is 17.5 Å². The first-order valence-electron chi connectivity index (χ1n) is 5.62. The molecule has 1 unspecified atom stereocenters. The van der Waals surface area contributed by atoms with Crippen LogP contribution >= 0.6 is 0 Å². The van der Waals surface area contributed by atoms with E-state index in [-0.39, 0.29) is 0 Å². The zero-order valence-electron chi connectivity index (χ0n) is 9.49. The Labute approximate surface area is 96.0 Å². The van der Waals surface area contributed by atoms with E-state index in [1.165, 1.54) is 0 Å². The van der Waals surface area contributed by atoms with Gasteiger partial charge in [0.2, 0.25) is 0 Å². The van der Waals surface area contributed by atoms with Crippen molar-refractivity contribution in [1.29, 1.82) is 5.26 Å². The fraction of sp³-hybridized carbons (Fsp3) is 0.462. The van der Waals surface area contributed by atoms with E-state index in [1.54, 1.807) is 0 Å². The maximum absolute atomic E-state index is 8.77. The average molecular weight is 216 g/mol. The SMILES string of the molecule is Cc1cc(C#N)ccc1NCC1CCOC1. The highest BCUT2D eigenvalue weighted by atomic mass is 16.5. The zero-order chi connectivity index (χ0) is 11.4. The van der Waals surface area contributed by atoms with Gasteiger partial charge in [-0.1, -0.05) is 0 Å². The van der Waals surface area contributed by atoms with Gasteiger partial charge in [0.25, 0.3) is 0 Å². The van der Waals surface area contributed by atoms with Crippen LogP contribution in [-0.4, -0.2) is 19.8 Å². The number of rotatable bonds is 3. The number of nitrogens with one attached hydrogen (secondary N) is 1. The normalized spacial score (nSPS) is 19.4. The van der Waals surface area contributed by atoms with Crippen molar-refractivity contribution in [1.82, 2.24) is 0 Å². The molecule has 1 N–H and O–H groups in total. The summed E-state index contributed by atoms with van der Waals surface area (Å²) in [6.07, 6.45) is 1.14. The molecular formula is C13H16N2O. The van der Waals surface area contributed by atoms with Gasteiger partial charge in [-0.15, -0.1) is 0 Å². The van der Waals surface area contributed by atoms with Gasteiger partial charge in [0, 0.05) is 24.8 Å². The molecule has 1 heterocycles. The quantitative estimate of drug-likeness (QED) is 0.843. The van der Waals surface area contributed by atoms with Crippen LogP contribution in [0.4, 0.5) is 5.69 Å². The number of anilines is 1. The van der Waals surface area contributed by atoms with Gasteiger partial charge in [-0.3, -0.25) is 0 Å². The first-order chi connectivity index (χ1) is 7.79. The molecule has 1 aromatic carbocycles. The van der Waals surface area contributed by atoms with Crippen LogP contribution < -0.4 is 5.32 Å². The number of ether oxygens (including phenoxy) is 1. The summed E-state index contributed by atoms with van der Waals surface area (Å²) in [5.41, 5.74) is 2.95. The van der Waals surface area contributed by atoms with E-state index in [9.17, 15) is 0 Å². The first kappa shape index (κ1) is 11.0. The van der Waals surface area contributed by atoms with Crippen molar-refractivity contribution in [2.45, 2.75) is 13.3 Å². The van der Waals surface area contributed by atoms with Crippen LogP contribution in [0.25, 0.3) is 0 Å². The maximum atomic E-state index is 8.77. The summed E-state index contributed by atoms with van der Waals surface area (Å²) in [6.45, 7) is 4.72. The minimum Gasteiger partial charge on any atom is -0.384 e. The summed E-state index contributed by atoms with van der Waals surface area (Å²) in [4.78, 5) is 0. The molecule has 1 aliphatic heterocycles.